The van der Waals surface area contributed by atoms with Crippen molar-refractivity contribution in [2.45, 2.75) is 12.5 Å². The second-order valence-electron chi connectivity index (χ2n) is 6.09. The van der Waals surface area contributed by atoms with E-state index >= 15 is 0 Å². The summed E-state index contributed by atoms with van der Waals surface area (Å²) in [5.74, 6) is 0.641. The van der Waals surface area contributed by atoms with Crippen LogP contribution in [0.3, 0.4) is 0 Å². The van der Waals surface area contributed by atoms with Crippen LogP contribution in [0.15, 0.2) is 18.2 Å². The monoisotopic (exact) mass is 359 g/mol. The van der Waals surface area contributed by atoms with Gasteiger partial charge in [0.1, 0.15) is 11.9 Å². The third-order valence-electron chi connectivity index (χ3n) is 3.76. The normalized spacial score (nSPS) is 17.7. The van der Waals surface area contributed by atoms with Gasteiger partial charge in [0.25, 0.3) is 0 Å². The maximum atomic E-state index is 12.4. The zero-order valence-electron chi connectivity index (χ0n) is 13.8. The number of amides is 2. The molecule has 23 heavy (non-hydrogen) atoms. The van der Waals surface area contributed by atoms with Crippen molar-refractivity contribution in [2.75, 3.05) is 47.3 Å². The molecule has 0 saturated carbocycles. The van der Waals surface area contributed by atoms with Crippen LogP contribution in [0.25, 0.3) is 0 Å². The van der Waals surface area contributed by atoms with Gasteiger partial charge in [0.05, 0.1) is 6.54 Å². The van der Waals surface area contributed by atoms with Crippen molar-refractivity contribution in [3.8, 4) is 5.75 Å². The minimum atomic E-state index is -0.0317. The Hall–Kier alpha value is -1.17. The largest absolute Gasteiger partial charge is 0.488 e. The number of nitrogens with zero attached hydrogens (tertiary/aromatic N) is 3. The van der Waals surface area contributed by atoms with E-state index in [1.807, 2.05) is 26.0 Å². The van der Waals surface area contributed by atoms with E-state index in [0.717, 1.165) is 13.0 Å². The number of likely N-dealkylation sites (N-methyl/N-ethyl adjacent to an activating group) is 2. The van der Waals surface area contributed by atoms with Gasteiger partial charge in [-0.2, -0.15) is 0 Å². The van der Waals surface area contributed by atoms with Crippen molar-refractivity contribution < 1.29 is 9.53 Å². The molecule has 1 aromatic rings. The molecular weight excluding hydrogens is 337 g/mol. The van der Waals surface area contributed by atoms with E-state index in [-0.39, 0.29) is 12.1 Å². The van der Waals surface area contributed by atoms with Crippen LogP contribution in [0.2, 0.25) is 10.0 Å². The maximum absolute atomic E-state index is 12.4. The van der Waals surface area contributed by atoms with E-state index < -0.39 is 0 Å². The highest BCUT2D eigenvalue weighted by Crippen LogP contribution is 2.26. The average molecular weight is 360 g/mol. The molecule has 1 fully saturated rings. The van der Waals surface area contributed by atoms with Crippen LogP contribution in [0.4, 0.5) is 4.79 Å². The molecule has 0 aliphatic carbocycles. The lowest BCUT2D eigenvalue weighted by atomic mass is 10.3. The minimum Gasteiger partial charge on any atom is -0.488 e. The van der Waals surface area contributed by atoms with E-state index in [1.165, 1.54) is 0 Å². The quantitative estimate of drug-likeness (QED) is 0.810. The summed E-state index contributed by atoms with van der Waals surface area (Å²) in [6, 6.07) is 5.18. The molecule has 1 saturated heterocycles. The van der Waals surface area contributed by atoms with Gasteiger partial charge in [-0.15, -0.1) is 0 Å². The number of likely N-dealkylation sites (tertiary alicyclic amines) is 1. The topological polar surface area (TPSA) is 36.0 Å². The molecular formula is C16H23Cl2N3O2. The minimum absolute atomic E-state index is 0.0317. The zero-order chi connectivity index (χ0) is 17.0. The van der Waals surface area contributed by atoms with Gasteiger partial charge in [-0.05, 0) is 32.3 Å². The predicted octanol–water partition coefficient (Wildman–Crippen LogP) is 3.06. The standard InChI is InChI=1S/C16H23Cl2N3O2/c1-19(2)6-7-20(3)16(22)21-5-4-14(11-21)23-15-9-12(17)8-13(18)10-15/h8-10,14H,4-7,11H2,1-3H3. The molecule has 0 radical (unpaired) electrons. The Balaban J connectivity index is 1.86. The van der Waals surface area contributed by atoms with Gasteiger partial charge in [0.2, 0.25) is 0 Å². The molecule has 1 aromatic carbocycles. The van der Waals surface area contributed by atoms with Gasteiger partial charge in [0.15, 0.2) is 0 Å². The third kappa shape index (κ3) is 5.44. The average Bonchev–Trinajstić information content (AvgIpc) is 2.91. The highest BCUT2D eigenvalue weighted by molar-refractivity contribution is 6.34. The molecule has 2 rings (SSSR count). The molecule has 1 aliphatic heterocycles. The van der Waals surface area contributed by atoms with Crippen molar-refractivity contribution in [3.05, 3.63) is 28.2 Å². The molecule has 5 nitrogen and oxygen atoms in total. The number of rotatable bonds is 5. The number of carbonyl (C=O) groups is 1. The lowest BCUT2D eigenvalue weighted by molar-refractivity contribution is 0.158. The summed E-state index contributed by atoms with van der Waals surface area (Å²) in [4.78, 5) is 18.0. The van der Waals surface area contributed by atoms with Crippen molar-refractivity contribution >= 4 is 29.2 Å². The number of urea groups is 1. The first kappa shape index (κ1) is 18.2. The molecule has 0 bridgehead atoms. The van der Waals surface area contributed by atoms with Crippen LogP contribution in [0.5, 0.6) is 5.75 Å². The molecule has 1 heterocycles. The summed E-state index contributed by atoms with van der Waals surface area (Å²) in [5.41, 5.74) is 0. The number of hydrogen-bond acceptors (Lipinski definition) is 3. The number of halogens is 2. The van der Waals surface area contributed by atoms with E-state index in [1.54, 1.807) is 23.1 Å². The molecule has 2 amide bonds. The van der Waals surface area contributed by atoms with Crippen LogP contribution in [0, 0.1) is 0 Å². The Morgan fingerprint density at radius 2 is 1.87 bits per heavy atom. The van der Waals surface area contributed by atoms with Crippen molar-refractivity contribution in [1.29, 1.82) is 0 Å². The molecule has 1 unspecified atom stereocenters. The van der Waals surface area contributed by atoms with Crippen molar-refractivity contribution in [2.24, 2.45) is 0 Å². The number of ether oxygens (including phenoxy) is 1. The Bertz CT molecular complexity index is 534. The first-order valence-electron chi connectivity index (χ1n) is 7.62. The highest BCUT2D eigenvalue weighted by Gasteiger charge is 2.29. The molecule has 1 aliphatic rings. The summed E-state index contributed by atoms with van der Waals surface area (Å²) in [6.45, 7) is 2.83. The summed E-state index contributed by atoms with van der Waals surface area (Å²) < 4.78 is 5.91. The Labute approximate surface area is 147 Å². The van der Waals surface area contributed by atoms with Crippen LogP contribution in [-0.2, 0) is 0 Å². The first-order chi connectivity index (χ1) is 10.8. The summed E-state index contributed by atoms with van der Waals surface area (Å²) in [6.07, 6.45) is 0.771. The second-order valence-corrected chi connectivity index (χ2v) is 6.96. The number of carbonyl (C=O) groups excluding carboxylic acids is 1. The van der Waals surface area contributed by atoms with E-state index in [4.69, 9.17) is 27.9 Å². The van der Waals surface area contributed by atoms with Gasteiger partial charge < -0.3 is 19.4 Å². The van der Waals surface area contributed by atoms with E-state index in [2.05, 4.69) is 4.90 Å². The predicted molar refractivity (Wildman–Crippen MR) is 93.6 cm³/mol. The van der Waals surface area contributed by atoms with Crippen molar-refractivity contribution in [1.82, 2.24) is 14.7 Å². The fourth-order valence-electron chi connectivity index (χ4n) is 2.47. The second kappa shape index (κ2) is 8.08. The number of hydrogen-bond donors (Lipinski definition) is 0. The van der Waals surface area contributed by atoms with Gasteiger partial charge >= 0.3 is 6.03 Å². The summed E-state index contributed by atoms with van der Waals surface area (Å²) in [7, 11) is 5.82. The molecule has 128 valence electrons. The van der Waals surface area contributed by atoms with Gasteiger partial charge in [-0.25, -0.2) is 4.79 Å². The van der Waals surface area contributed by atoms with Crippen molar-refractivity contribution in [3.63, 3.8) is 0 Å². The SMILES string of the molecule is CN(C)CCN(C)C(=O)N1CCC(Oc2cc(Cl)cc(Cl)c2)C1. The zero-order valence-corrected chi connectivity index (χ0v) is 15.3. The molecule has 1 atom stereocenters. The molecule has 0 N–H and O–H groups in total. The third-order valence-corrected chi connectivity index (χ3v) is 4.20. The van der Waals surface area contributed by atoms with Gasteiger partial charge in [-0.1, -0.05) is 23.2 Å². The lowest BCUT2D eigenvalue weighted by Gasteiger charge is -2.25. The van der Waals surface area contributed by atoms with E-state index in [9.17, 15) is 4.79 Å². The number of benzene rings is 1. The maximum Gasteiger partial charge on any atom is 0.319 e. The lowest BCUT2D eigenvalue weighted by Crippen LogP contribution is -2.43. The molecule has 7 heteroatoms. The first-order valence-corrected chi connectivity index (χ1v) is 8.38. The van der Waals surface area contributed by atoms with Crippen LogP contribution < -0.4 is 4.74 Å². The van der Waals surface area contributed by atoms with Crippen LogP contribution >= 0.6 is 23.2 Å². The van der Waals surface area contributed by atoms with Gasteiger partial charge in [-0.3, -0.25) is 0 Å². The van der Waals surface area contributed by atoms with Gasteiger partial charge in [0, 0.05) is 43.1 Å². The van der Waals surface area contributed by atoms with E-state index in [0.29, 0.717) is 35.4 Å². The summed E-state index contributed by atoms with van der Waals surface area (Å²) in [5, 5.41) is 1.09. The fourth-order valence-corrected chi connectivity index (χ4v) is 2.98. The fraction of sp³-hybridized carbons (Fsp3) is 0.562. The smallest absolute Gasteiger partial charge is 0.319 e. The Morgan fingerprint density at radius 3 is 2.48 bits per heavy atom. The molecule has 0 spiro atoms. The van der Waals surface area contributed by atoms with Crippen LogP contribution in [-0.4, -0.2) is 74.2 Å². The highest BCUT2D eigenvalue weighted by atomic mass is 35.5. The Morgan fingerprint density at radius 1 is 1.22 bits per heavy atom. The summed E-state index contributed by atoms with van der Waals surface area (Å²) >= 11 is 12.0. The van der Waals surface area contributed by atoms with Crippen LogP contribution in [0.1, 0.15) is 6.42 Å². The Kier molecular flexibility index (Phi) is 6.39. The molecule has 0 aromatic heterocycles.